The van der Waals surface area contributed by atoms with Crippen molar-refractivity contribution in [1.82, 2.24) is 4.90 Å². The van der Waals surface area contributed by atoms with Gasteiger partial charge >= 0.3 is 0 Å². The van der Waals surface area contributed by atoms with E-state index < -0.39 is 0 Å². The molecule has 1 aliphatic heterocycles. The Bertz CT molecular complexity index is 742. The molecule has 1 unspecified atom stereocenters. The average molecular weight is 322 g/mol. The van der Waals surface area contributed by atoms with Gasteiger partial charge < -0.3 is 15.0 Å². The Morgan fingerprint density at radius 1 is 1.21 bits per heavy atom. The van der Waals surface area contributed by atoms with Gasteiger partial charge in [-0.2, -0.15) is 0 Å². The summed E-state index contributed by atoms with van der Waals surface area (Å²) in [7, 11) is 0. The number of ether oxygens (including phenoxy) is 1. The predicted molar refractivity (Wildman–Crippen MR) is 96.3 cm³/mol. The van der Waals surface area contributed by atoms with E-state index in [1.165, 1.54) is 0 Å². The molecule has 0 spiro atoms. The molecule has 4 nitrogen and oxygen atoms in total. The molecule has 0 fully saturated rings. The summed E-state index contributed by atoms with van der Waals surface area (Å²) in [6.07, 6.45) is 2.40. The van der Waals surface area contributed by atoms with Crippen molar-refractivity contribution in [2.45, 2.75) is 19.5 Å². The number of fused-ring (bicyclic) bond motifs is 1. The van der Waals surface area contributed by atoms with Gasteiger partial charge in [-0.3, -0.25) is 4.79 Å². The first-order chi connectivity index (χ1) is 11.8. The molecule has 0 saturated carbocycles. The van der Waals surface area contributed by atoms with E-state index >= 15 is 0 Å². The third kappa shape index (κ3) is 3.00. The highest BCUT2D eigenvalue weighted by molar-refractivity contribution is 6.01. The monoisotopic (exact) mass is 322 g/mol. The molecule has 0 aliphatic carbocycles. The SMILES string of the molecule is C=CCN1C(=O)c2ccccc2NC1c1ccccc1OCCC. The van der Waals surface area contributed by atoms with Gasteiger partial charge in [0.25, 0.3) is 5.91 Å². The molecule has 3 rings (SSSR count). The van der Waals surface area contributed by atoms with Gasteiger partial charge in [0.05, 0.1) is 12.2 Å². The van der Waals surface area contributed by atoms with Crippen molar-refractivity contribution in [2.24, 2.45) is 0 Å². The first kappa shape index (κ1) is 16.1. The van der Waals surface area contributed by atoms with Gasteiger partial charge in [0, 0.05) is 17.8 Å². The molecule has 2 aromatic carbocycles. The fraction of sp³-hybridized carbons (Fsp3) is 0.250. The molecule has 1 aliphatic rings. The molecule has 0 aromatic heterocycles. The number of carbonyl (C=O) groups excluding carboxylic acids is 1. The lowest BCUT2D eigenvalue weighted by atomic mass is 10.0. The summed E-state index contributed by atoms with van der Waals surface area (Å²) in [5.74, 6) is 0.803. The van der Waals surface area contributed by atoms with Crippen molar-refractivity contribution in [1.29, 1.82) is 0 Å². The van der Waals surface area contributed by atoms with E-state index in [0.717, 1.165) is 23.4 Å². The van der Waals surface area contributed by atoms with Crippen LogP contribution in [0.1, 0.15) is 35.4 Å². The minimum atomic E-state index is -0.279. The zero-order chi connectivity index (χ0) is 16.9. The summed E-state index contributed by atoms with van der Waals surface area (Å²) in [5, 5.41) is 3.47. The highest BCUT2D eigenvalue weighted by Crippen LogP contribution is 2.36. The van der Waals surface area contributed by atoms with Crippen molar-refractivity contribution in [3.05, 3.63) is 72.3 Å². The summed E-state index contributed by atoms with van der Waals surface area (Å²) in [5.41, 5.74) is 2.48. The topological polar surface area (TPSA) is 41.6 Å². The molecule has 2 aromatic rings. The van der Waals surface area contributed by atoms with Crippen LogP contribution in [0.15, 0.2) is 61.2 Å². The molecule has 0 bridgehead atoms. The first-order valence-electron chi connectivity index (χ1n) is 8.25. The predicted octanol–water partition coefficient (Wildman–Crippen LogP) is 4.23. The second-order valence-corrected chi connectivity index (χ2v) is 5.72. The molecule has 1 heterocycles. The smallest absolute Gasteiger partial charge is 0.258 e. The lowest BCUT2D eigenvalue weighted by Gasteiger charge is -2.38. The van der Waals surface area contributed by atoms with Gasteiger partial charge in [-0.25, -0.2) is 0 Å². The van der Waals surface area contributed by atoms with Crippen LogP contribution < -0.4 is 10.1 Å². The fourth-order valence-corrected chi connectivity index (χ4v) is 2.92. The van der Waals surface area contributed by atoms with Crippen molar-refractivity contribution in [2.75, 3.05) is 18.5 Å². The van der Waals surface area contributed by atoms with E-state index in [1.807, 2.05) is 48.5 Å². The summed E-state index contributed by atoms with van der Waals surface area (Å²) in [6.45, 7) is 6.98. The summed E-state index contributed by atoms with van der Waals surface area (Å²) in [4.78, 5) is 14.7. The Kier molecular flexibility index (Phi) is 4.85. The normalized spacial score (nSPS) is 16.3. The maximum absolute atomic E-state index is 12.9. The Hall–Kier alpha value is -2.75. The largest absolute Gasteiger partial charge is 0.493 e. The van der Waals surface area contributed by atoms with Gasteiger partial charge in [0.15, 0.2) is 0 Å². The number of benzene rings is 2. The number of rotatable bonds is 6. The van der Waals surface area contributed by atoms with Crippen LogP contribution >= 0.6 is 0 Å². The van der Waals surface area contributed by atoms with Gasteiger partial charge in [-0.05, 0) is 24.6 Å². The van der Waals surface area contributed by atoms with Crippen LogP contribution in [0.3, 0.4) is 0 Å². The average Bonchev–Trinajstić information content (AvgIpc) is 2.62. The number of para-hydroxylation sites is 2. The standard InChI is InChI=1S/C20H22N2O2/c1-3-13-22-19(16-10-6-8-12-18(16)24-14-4-2)21-17-11-7-5-9-15(17)20(22)23/h3,5-12,19,21H,1,4,13-14H2,2H3. The van der Waals surface area contributed by atoms with Crippen molar-refractivity contribution in [3.8, 4) is 5.75 Å². The second-order valence-electron chi connectivity index (χ2n) is 5.72. The quantitative estimate of drug-likeness (QED) is 0.809. The van der Waals surface area contributed by atoms with Gasteiger partial charge in [-0.15, -0.1) is 6.58 Å². The van der Waals surface area contributed by atoms with E-state index in [-0.39, 0.29) is 12.1 Å². The van der Waals surface area contributed by atoms with Crippen LogP contribution in [0.2, 0.25) is 0 Å². The number of nitrogens with one attached hydrogen (secondary N) is 1. The van der Waals surface area contributed by atoms with Crippen LogP contribution in [-0.4, -0.2) is 24.0 Å². The number of anilines is 1. The molecule has 0 saturated heterocycles. The first-order valence-corrected chi connectivity index (χ1v) is 8.25. The minimum Gasteiger partial charge on any atom is -0.493 e. The van der Waals surface area contributed by atoms with E-state index in [1.54, 1.807) is 11.0 Å². The highest BCUT2D eigenvalue weighted by Gasteiger charge is 2.33. The van der Waals surface area contributed by atoms with Crippen LogP contribution in [0.4, 0.5) is 5.69 Å². The maximum Gasteiger partial charge on any atom is 0.258 e. The Morgan fingerprint density at radius 3 is 2.75 bits per heavy atom. The van der Waals surface area contributed by atoms with E-state index in [0.29, 0.717) is 18.7 Å². The zero-order valence-electron chi connectivity index (χ0n) is 13.9. The molecular weight excluding hydrogens is 300 g/mol. The lowest BCUT2D eigenvalue weighted by Crippen LogP contribution is -2.43. The van der Waals surface area contributed by atoms with E-state index in [4.69, 9.17) is 4.74 Å². The molecule has 4 heteroatoms. The fourth-order valence-electron chi connectivity index (χ4n) is 2.92. The van der Waals surface area contributed by atoms with Crippen molar-refractivity contribution < 1.29 is 9.53 Å². The van der Waals surface area contributed by atoms with Crippen LogP contribution in [0.25, 0.3) is 0 Å². The molecule has 124 valence electrons. The molecule has 1 atom stereocenters. The molecule has 0 radical (unpaired) electrons. The van der Waals surface area contributed by atoms with Gasteiger partial charge in [-0.1, -0.05) is 43.3 Å². The van der Waals surface area contributed by atoms with Crippen LogP contribution in [0.5, 0.6) is 5.75 Å². The van der Waals surface area contributed by atoms with E-state index in [9.17, 15) is 4.79 Å². The third-order valence-electron chi connectivity index (χ3n) is 4.02. The highest BCUT2D eigenvalue weighted by atomic mass is 16.5. The van der Waals surface area contributed by atoms with E-state index in [2.05, 4.69) is 18.8 Å². The van der Waals surface area contributed by atoms with Crippen molar-refractivity contribution in [3.63, 3.8) is 0 Å². The number of amides is 1. The third-order valence-corrected chi connectivity index (χ3v) is 4.02. The van der Waals surface area contributed by atoms with Crippen LogP contribution in [-0.2, 0) is 0 Å². The molecule has 1 N–H and O–H groups in total. The molecular formula is C20H22N2O2. The lowest BCUT2D eigenvalue weighted by molar-refractivity contribution is 0.0705. The second kappa shape index (κ2) is 7.21. The number of hydrogen-bond donors (Lipinski definition) is 1. The number of nitrogens with zero attached hydrogens (tertiary/aromatic N) is 1. The summed E-state index contributed by atoms with van der Waals surface area (Å²) in [6, 6.07) is 15.4. The Morgan fingerprint density at radius 2 is 1.96 bits per heavy atom. The summed E-state index contributed by atoms with van der Waals surface area (Å²) >= 11 is 0. The van der Waals surface area contributed by atoms with Gasteiger partial charge in [0.2, 0.25) is 0 Å². The number of hydrogen-bond acceptors (Lipinski definition) is 3. The Balaban J connectivity index is 2.03. The summed E-state index contributed by atoms with van der Waals surface area (Å²) < 4.78 is 5.89. The maximum atomic E-state index is 12.9. The Labute approximate surface area is 142 Å². The zero-order valence-corrected chi connectivity index (χ0v) is 13.9. The van der Waals surface area contributed by atoms with Gasteiger partial charge in [0.1, 0.15) is 11.9 Å². The minimum absolute atomic E-state index is 0.000422. The van der Waals surface area contributed by atoms with Crippen molar-refractivity contribution >= 4 is 11.6 Å². The molecule has 1 amide bonds. The number of carbonyl (C=O) groups is 1. The van der Waals surface area contributed by atoms with Crippen LogP contribution in [0, 0.1) is 0 Å². The molecule has 24 heavy (non-hydrogen) atoms.